The summed E-state index contributed by atoms with van der Waals surface area (Å²) in [7, 11) is 0. The summed E-state index contributed by atoms with van der Waals surface area (Å²) in [6.45, 7) is 0. The molecule has 9 rings (SSSR count). The molecular weight excluding hydrogens is 609 g/mol. The van der Waals surface area contributed by atoms with Crippen molar-refractivity contribution in [2.75, 3.05) is 0 Å². The van der Waals surface area contributed by atoms with Crippen LogP contribution < -0.4 is 0 Å². The first-order valence-corrected chi connectivity index (χ1v) is 16.4. The van der Waals surface area contributed by atoms with Crippen LogP contribution in [0.15, 0.2) is 158 Å². The lowest BCUT2D eigenvalue weighted by Gasteiger charge is -2.22. The van der Waals surface area contributed by atoms with Crippen LogP contribution in [0, 0.1) is 22.7 Å². The summed E-state index contributed by atoms with van der Waals surface area (Å²) in [5.74, 6) is 0. The Kier molecular flexibility index (Phi) is 6.87. The highest BCUT2D eigenvalue weighted by Gasteiger charge is 2.21. The molecule has 230 valence electrons. The second kappa shape index (κ2) is 11.8. The summed E-state index contributed by atoms with van der Waals surface area (Å²) in [6, 6.07) is 51.6. The minimum Gasteiger partial charge on any atom is -0.263 e. The molecular formula is C46H26N4. The van der Waals surface area contributed by atoms with E-state index < -0.39 is 0 Å². The molecule has 0 bridgehead atoms. The molecule has 9 aromatic rings. The van der Waals surface area contributed by atoms with Crippen molar-refractivity contribution >= 4 is 43.1 Å². The van der Waals surface area contributed by atoms with Crippen molar-refractivity contribution in [3.8, 4) is 56.6 Å². The predicted molar refractivity (Wildman–Crippen MR) is 203 cm³/mol. The Morgan fingerprint density at radius 2 is 0.680 bits per heavy atom. The molecule has 0 saturated heterocycles. The summed E-state index contributed by atoms with van der Waals surface area (Å²) < 4.78 is 0. The second-order valence-electron chi connectivity index (χ2n) is 12.4. The quantitative estimate of drug-likeness (QED) is 0.143. The van der Waals surface area contributed by atoms with Gasteiger partial charge in [0.25, 0.3) is 0 Å². The zero-order valence-corrected chi connectivity index (χ0v) is 26.8. The van der Waals surface area contributed by atoms with Crippen molar-refractivity contribution in [2.45, 2.75) is 0 Å². The summed E-state index contributed by atoms with van der Waals surface area (Å²) in [5, 5.41) is 28.5. The molecule has 2 aromatic heterocycles. The highest BCUT2D eigenvalue weighted by Crippen LogP contribution is 2.49. The van der Waals surface area contributed by atoms with E-state index in [4.69, 9.17) is 0 Å². The monoisotopic (exact) mass is 634 g/mol. The zero-order chi connectivity index (χ0) is 33.6. The van der Waals surface area contributed by atoms with Crippen molar-refractivity contribution in [2.24, 2.45) is 0 Å². The first kappa shape index (κ1) is 29.0. The van der Waals surface area contributed by atoms with E-state index in [1.165, 1.54) is 54.2 Å². The number of benzene rings is 7. The average Bonchev–Trinajstić information content (AvgIpc) is 3.20. The molecule has 0 radical (unpaired) electrons. The Balaban J connectivity index is 1.37. The fourth-order valence-corrected chi connectivity index (χ4v) is 7.43. The Hall–Kier alpha value is -7.14. The Morgan fingerprint density at radius 1 is 0.340 bits per heavy atom. The molecule has 50 heavy (non-hydrogen) atoms. The Morgan fingerprint density at radius 3 is 1.06 bits per heavy atom. The minimum atomic E-state index is 0.540. The molecule has 2 heterocycles. The van der Waals surface area contributed by atoms with Crippen molar-refractivity contribution in [1.29, 1.82) is 10.5 Å². The number of fused-ring (bicyclic) bond motifs is 7. The van der Waals surface area contributed by atoms with E-state index in [9.17, 15) is 10.5 Å². The highest BCUT2D eigenvalue weighted by atomic mass is 14.6. The van der Waals surface area contributed by atoms with Gasteiger partial charge in [0.15, 0.2) is 0 Å². The molecule has 0 spiro atoms. The van der Waals surface area contributed by atoms with E-state index >= 15 is 0 Å². The maximum absolute atomic E-state index is 9.45. The molecule has 0 aliphatic rings. The van der Waals surface area contributed by atoms with Crippen LogP contribution in [0.25, 0.3) is 87.6 Å². The van der Waals surface area contributed by atoms with Crippen LogP contribution in [-0.4, -0.2) is 9.97 Å². The third kappa shape index (κ3) is 4.67. The average molecular weight is 635 g/mol. The van der Waals surface area contributed by atoms with Gasteiger partial charge in [-0.15, -0.1) is 0 Å². The van der Waals surface area contributed by atoms with Crippen molar-refractivity contribution < 1.29 is 0 Å². The molecule has 0 amide bonds. The summed E-state index contributed by atoms with van der Waals surface area (Å²) >= 11 is 0. The summed E-state index contributed by atoms with van der Waals surface area (Å²) in [5.41, 5.74) is 9.53. The van der Waals surface area contributed by atoms with E-state index in [1.54, 1.807) is 24.8 Å². The third-order valence-electron chi connectivity index (χ3n) is 9.65. The van der Waals surface area contributed by atoms with Crippen LogP contribution in [0.3, 0.4) is 0 Å². The lowest BCUT2D eigenvalue weighted by atomic mass is 9.81. The number of pyridine rings is 2. The molecule has 0 unspecified atom stereocenters. The van der Waals surface area contributed by atoms with Gasteiger partial charge in [0, 0.05) is 35.9 Å². The van der Waals surface area contributed by atoms with Crippen molar-refractivity contribution in [3.63, 3.8) is 0 Å². The minimum absolute atomic E-state index is 0.540. The number of aromatic nitrogens is 2. The van der Waals surface area contributed by atoms with E-state index in [-0.39, 0.29) is 0 Å². The third-order valence-corrected chi connectivity index (χ3v) is 9.65. The number of nitrogens with zero attached hydrogens (tertiary/aromatic N) is 4. The van der Waals surface area contributed by atoms with E-state index in [0.29, 0.717) is 11.1 Å². The standard InChI is InChI=1S/C46H26N4/c47-23-29-21-35(27-49-25-29)31-13-17-33(18-14-31)43-41-11-5-6-12-42(41)44(34-19-15-32(16-20-34)36-22-30(24-48)26-50-28-36)46-40-10-4-2-8-38(40)37-7-1-3-9-39(37)45(43)46/h1-22,25-28H. The van der Waals surface area contributed by atoms with Crippen LogP contribution in [0.1, 0.15) is 11.1 Å². The number of hydrogen-bond donors (Lipinski definition) is 0. The molecule has 0 saturated carbocycles. The maximum Gasteiger partial charge on any atom is 0.101 e. The second-order valence-corrected chi connectivity index (χ2v) is 12.4. The lowest BCUT2D eigenvalue weighted by Crippen LogP contribution is -1.94. The number of nitriles is 2. The van der Waals surface area contributed by atoms with Crippen LogP contribution in [0.4, 0.5) is 0 Å². The smallest absolute Gasteiger partial charge is 0.101 e. The molecule has 0 aliphatic heterocycles. The SMILES string of the molecule is N#Cc1cncc(-c2ccc(-c3c4ccccc4c(-c4ccc(-c5cncc(C#N)c5)cc4)c4c5ccccc5c5ccccc5c34)cc2)c1. The van der Waals surface area contributed by atoms with Crippen molar-refractivity contribution in [1.82, 2.24) is 9.97 Å². The highest BCUT2D eigenvalue weighted by molar-refractivity contribution is 6.36. The fraction of sp³-hybridized carbons (Fsp3) is 0. The number of rotatable bonds is 4. The van der Waals surface area contributed by atoms with Crippen LogP contribution >= 0.6 is 0 Å². The maximum atomic E-state index is 9.45. The first-order chi connectivity index (χ1) is 24.7. The van der Waals surface area contributed by atoms with Crippen LogP contribution in [-0.2, 0) is 0 Å². The zero-order valence-electron chi connectivity index (χ0n) is 26.8. The summed E-state index contributed by atoms with van der Waals surface area (Å²) in [4.78, 5) is 8.58. The molecule has 0 atom stereocenters. The Labute approximate surface area is 288 Å². The van der Waals surface area contributed by atoms with Crippen molar-refractivity contribution in [3.05, 3.63) is 169 Å². The number of hydrogen-bond acceptors (Lipinski definition) is 4. The molecule has 4 nitrogen and oxygen atoms in total. The normalized spacial score (nSPS) is 11.2. The van der Waals surface area contributed by atoms with Gasteiger partial charge in [-0.3, -0.25) is 9.97 Å². The largest absolute Gasteiger partial charge is 0.263 e. The van der Waals surface area contributed by atoms with Gasteiger partial charge in [-0.05, 0) is 88.6 Å². The topological polar surface area (TPSA) is 73.4 Å². The van der Waals surface area contributed by atoms with Gasteiger partial charge in [0.05, 0.1) is 11.1 Å². The van der Waals surface area contributed by atoms with Gasteiger partial charge < -0.3 is 0 Å². The molecule has 7 aromatic carbocycles. The van der Waals surface area contributed by atoms with Crippen LogP contribution in [0.5, 0.6) is 0 Å². The van der Waals surface area contributed by atoms with E-state index in [1.807, 2.05) is 12.1 Å². The predicted octanol–water partition coefficient (Wildman–Crippen LogP) is 11.5. The lowest BCUT2D eigenvalue weighted by molar-refractivity contribution is 1.30. The van der Waals surface area contributed by atoms with E-state index in [0.717, 1.165) is 33.4 Å². The van der Waals surface area contributed by atoms with Gasteiger partial charge in [0.1, 0.15) is 12.1 Å². The molecule has 4 heteroatoms. The van der Waals surface area contributed by atoms with Gasteiger partial charge >= 0.3 is 0 Å². The molecule has 0 aliphatic carbocycles. The summed E-state index contributed by atoms with van der Waals surface area (Å²) in [6.07, 6.45) is 6.78. The fourth-order valence-electron chi connectivity index (χ4n) is 7.43. The van der Waals surface area contributed by atoms with Gasteiger partial charge in [-0.2, -0.15) is 10.5 Å². The first-order valence-electron chi connectivity index (χ1n) is 16.4. The molecule has 0 N–H and O–H groups in total. The van der Waals surface area contributed by atoms with E-state index in [2.05, 4.69) is 143 Å². The van der Waals surface area contributed by atoms with Gasteiger partial charge in [-0.1, -0.05) is 121 Å². The Bertz CT molecular complexity index is 2680. The van der Waals surface area contributed by atoms with Crippen LogP contribution in [0.2, 0.25) is 0 Å². The van der Waals surface area contributed by atoms with Gasteiger partial charge in [-0.25, -0.2) is 0 Å². The van der Waals surface area contributed by atoms with Gasteiger partial charge in [0.2, 0.25) is 0 Å². The molecule has 0 fully saturated rings.